The van der Waals surface area contributed by atoms with E-state index in [9.17, 15) is 10.1 Å². The summed E-state index contributed by atoms with van der Waals surface area (Å²) in [5, 5.41) is 11.0. The average Bonchev–Trinajstić information content (AvgIpc) is 2.54. The van der Waals surface area contributed by atoms with E-state index in [0.717, 1.165) is 5.56 Å². The van der Waals surface area contributed by atoms with Crippen molar-refractivity contribution in [2.45, 2.75) is 13.2 Å². The molecule has 0 N–H and O–H groups in total. The number of non-ortho nitro benzene ring substituents is 1. The molecule has 2 aromatic carbocycles. The number of hydrogen-bond donors (Lipinski definition) is 0. The van der Waals surface area contributed by atoms with Crippen molar-refractivity contribution in [2.24, 2.45) is 0 Å². The Bertz CT molecular complexity index is 642. The molecule has 0 saturated heterocycles. The molecule has 22 heavy (non-hydrogen) atoms. The van der Waals surface area contributed by atoms with E-state index < -0.39 is 4.92 Å². The maximum Gasteiger partial charge on any atom is 0.273 e. The van der Waals surface area contributed by atoms with Crippen molar-refractivity contribution in [2.75, 3.05) is 14.2 Å². The van der Waals surface area contributed by atoms with Gasteiger partial charge in [0.05, 0.1) is 24.7 Å². The lowest BCUT2D eigenvalue weighted by atomic mass is 10.1. The summed E-state index contributed by atoms with van der Waals surface area (Å²) < 4.78 is 16.1. The second-order valence-corrected chi connectivity index (χ2v) is 4.60. The van der Waals surface area contributed by atoms with Crippen LogP contribution in [-0.4, -0.2) is 19.1 Å². The van der Waals surface area contributed by atoms with Gasteiger partial charge in [-0.3, -0.25) is 10.1 Å². The molecule has 0 aliphatic heterocycles. The molecular formula is C16H17NO5. The predicted molar refractivity (Wildman–Crippen MR) is 81.1 cm³/mol. The molecule has 116 valence electrons. The van der Waals surface area contributed by atoms with E-state index >= 15 is 0 Å². The molecule has 0 spiro atoms. The molecule has 0 unspecified atom stereocenters. The molecule has 6 heteroatoms. The van der Waals surface area contributed by atoms with Crippen LogP contribution in [0, 0.1) is 10.1 Å². The molecule has 0 bridgehead atoms. The molecule has 0 saturated carbocycles. The summed E-state index contributed by atoms with van der Waals surface area (Å²) in [6.45, 7) is 0.536. The Hall–Kier alpha value is -2.60. The minimum absolute atomic E-state index is 0.0593. The number of hydrogen-bond acceptors (Lipinski definition) is 5. The maximum atomic E-state index is 11.0. The van der Waals surface area contributed by atoms with Crippen LogP contribution in [0.15, 0.2) is 42.5 Å². The lowest BCUT2D eigenvalue weighted by Gasteiger charge is -2.15. The lowest BCUT2D eigenvalue weighted by molar-refractivity contribution is -0.385. The first-order chi connectivity index (χ1) is 10.7. The molecule has 2 aromatic rings. The van der Waals surface area contributed by atoms with Gasteiger partial charge in [-0.25, -0.2) is 0 Å². The van der Waals surface area contributed by atoms with Gasteiger partial charge in [-0.15, -0.1) is 0 Å². The number of nitro benzene ring substituents is 1. The van der Waals surface area contributed by atoms with Gasteiger partial charge in [0.2, 0.25) is 0 Å². The van der Waals surface area contributed by atoms with E-state index in [1.165, 1.54) is 26.4 Å². The van der Waals surface area contributed by atoms with Crippen LogP contribution in [0.25, 0.3) is 0 Å². The smallest absolute Gasteiger partial charge is 0.273 e. The molecule has 0 aromatic heterocycles. The van der Waals surface area contributed by atoms with Crippen molar-refractivity contribution in [1.82, 2.24) is 0 Å². The average molecular weight is 303 g/mol. The van der Waals surface area contributed by atoms with Crippen molar-refractivity contribution in [3.8, 4) is 11.5 Å². The highest BCUT2D eigenvalue weighted by Crippen LogP contribution is 2.36. The highest BCUT2D eigenvalue weighted by atomic mass is 16.6. The van der Waals surface area contributed by atoms with E-state index in [2.05, 4.69) is 0 Å². The van der Waals surface area contributed by atoms with Crippen LogP contribution in [0.5, 0.6) is 11.5 Å². The summed E-state index contributed by atoms with van der Waals surface area (Å²) in [4.78, 5) is 10.5. The summed E-state index contributed by atoms with van der Waals surface area (Å²) >= 11 is 0. The molecule has 0 fully saturated rings. The van der Waals surface area contributed by atoms with Crippen LogP contribution in [0.1, 0.15) is 11.1 Å². The zero-order valence-corrected chi connectivity index (χ0v) is 12.4. The van der Waals surface area contributed by atoms with Crippen LogP contribution in [-0.2, 0) is 18.0 Å². The third-order valence-corrected chi connectivity index (χ3v) is 3.07. The maximum absolute atomic E-state index is 11.0. The largest absolute Gasteiger partial charge is 0.493 e. The van der Waals surface area contributed by atoms with Crippen LogP contribution < -0.4 is 9.47 Å². The molecule has 0 aliphatic carbocycles. The van der Waals surface area contributed by atoms with Gasteiger partial charge < -0.3 is 14.2 Å². The second-order valence-electron chi connectivity index (χ2n) is 4.60. The van der Waals surface area contributed by atoms with Gasteiger partial charge in [-0.1, -0.05) is 30.3 Å². The van der Waals surface area contributed by atoms with Crippen LogP contribution in [0.2, 0.25) is 0 Å². The van der Waals surface area contributed by atoms with Crippen molar-refractivity contribution in [3.63, 3.8) is 0 Å². The van der Waals surface area contributed by atoms with Crippen LogP contribution in [0.3, 0.4) is 0 Å². The number of benzene rings is 2. The van der Waals surface area contributed by atoms with Crippen molar-refractivity contribution < 1.29 is 19.1 Å². The van der Waals surface area contributed by atoms with Gasteiger partial charge in [0.25, 0.3) is 5.69 Å². The number of rotatable bonds is 7. The van der Waals surface area contributed by atoms with Crippen LogP contribution >= 0.6 is 0 Å². The summed E-state index contributed by atoms with van der Waals surface area (Å²) in [5.41, 5.74) is 1.51. The fourth-order valence-corrected chi connectivity index (χ4v) is 2.06. The Balaban J connectivity index is 2.32. The monoisotopic (exact) mass is 303 g/mol. The van der Waals surface area contributed by atoms with Crippen molar-refractivity contribution in [1.29, 1.82) is 0 Å². The summed E-state index contributed by atoms with van der Waals surface area (Å²) in [7, 11) is 2.97. The topological polar surface area (TPSA) is 70.8 Å². The molecule has 0 heterocycles. The fourth-order valence-electron chi connectivity index (χ4n) is 2.06. The normalized spacial score (nSPS) is 10.3. The van der Waals surface area contributed by atoms with Gasteiger partial charge in [-0.2, -0.15) is 0 Å². The van der Waals surface area contributed by atoms with Gasteiger partial charge in [-0.05, 0) is 5.56 Å². The Morgan fingerprint density at radius 3 is 2.41 bits per heavy atom. The molecule has 6 nitrogen and oxygen atoms in total. The van der Waals surface area contributed by atoms with Crippen molar-refractivity contribution >= 4 is 5.69 Å². The van der Waals surface area contributed by atoms with Gasteiger partial charge in [0.15, 0.2) is 11.5 Å². The van der Waals surface area contributed by atoms with Crippen molar-refractivity contribution in [3.05, 3.63) is 63.7 Å². The molecule has 0 amide bonds. The summed E-state index contributed by atoms with van der Waals surface area (Å²) in [6, 6.07) is 12.4. The molecule has 0 aliphatic rings. The first-order valence-corrected chi connectivity index (χ1v) is 6.66. The molecule has 2 rings (SSSR count). The number of methoxy groups -OCH3 is 2. The third-order valence-electron chi connectivity index (χ3n) is 3.07. The van der Waals surface area contributed by atoms with E-state index in [1.54, 1.807) is 0 Å². The van der Waals surface area contributed by atoms with Gasteiger partial charge in [0.1, 0.15) is 6.61 Å². The minimum atomic E-state index is -0.470. The fraction of sp³-hybridized carbons (Fsp3) is 0.250. The Kier molecular flexibility index (Phi) is 5.32. The van der Waals surface area contributed by atoms with Crippen LogP contribution in [0.4, 0.5) is 5.69 Å². The number of nitro groups is 1. The minimum Gasteiger partial charge on any atom is -0.493 e. The first kappa shape index (κ1) is 15.8. The quantitative estimate of drug-likeness (QED) is 0.579. The van der Waals surface area contributed by atoms with E-state index in [0.29, 0.717) is 23.7 Å². The van der Waals surface area contributed by atoms with E-state index in [-0.39, 0.29) is 12.3 Å². The number of ether oxygens (including phenoxy) is 3. The lowest BCUT2D eigenvalue weighted by Crippen LogP contribution is -2.03. The molecular weight excluding hydrogens is 286 g/mol. The highest BCUT2D eigenvalue weighted by Gasteiger charge is 2.18. The third kappa shape index (κ3) is 3.73. The zero-order chi connectivity index (χ0) is 15.9. The Morgan fingerprint density at radius 1 is 1.09 bits per heavy atom. The highest BCUT2D eigenvalue weighted by molar-refractivity contribution is 5.54. The second kappa shape index (κ2) is 7.42. The summed E-state index contributed by atoms with van der Waals surface area (Å²) in [5.74, 6) is 0.774. The SMILES string of the molecule is COCc1cc([N+](=O)[O-])cc(OC)c1OCc1ccccc1. The number of nitrogens with zero attached hydrogens (tertiary/aromatic N) is 1. The molecule has 0 radical (unpaired) electrons. The zero-order valence-electron chi connectivity index (χ0n) is 12.4. The first-order valence-electron chi connectivity index (χ1n) is 6.66. The Labute approximate surface area is 128 Å². The van der Waals surface area contributed by atoms with Gasteiger partial charge in [0, 0.05) is 18.7 Å². The predicted octanol–water partition coefficient (Wildman–Crippen LogP) is 3.33. The summed E-state index contributed by atoms with van der Waals surface area (Å²) in [6.07, 6.45) is 0. The van der Waals surface area contributed by atoms with Gasteiger partial charge >= 0.3 is 0 Å². The standard InChI is InChI=1S/C16H17NO5/c1-20-11-13-8-14(17(18)19)9-15(21-2)16(13)22-10-12-6-4-3-5-7-12/h3-9H,10-11H2,1-2H3. The van der Waals surface area contributed by atoms with E-state index in [4.69, 9.17) is 14.2 Å². The van der Waals surface area contributed by atoms with E-state index in [1.807, 2.05) is 30.3 Å². The Morgan fingerprint density at radius 2 is 1.82 bits per heavy atom. The molecule has 0 atom stereocenters.